The van der Waals surface area contributed by atoms with Crippen LogP contribution in [0.5, 0.6) is 0 Å². The molecule has 0 atom stereocenters. The van der Waals surface area contributed by atoms with E-state index in [4.69, 9.17) is 0 Å². The second-order valence-corrected chi connectivity index (χ2v) is 5.11. The van der Waals surface area contributed by atoms with Gasteiger partial charge in [0.1, 0.15) is 5.56 Å². The Kier molecular flexibility index (Phi) is 4.67. The molecule has 2 heterocycles. The molecule has 0 radical (unpaired) electrons. The van der Waals surface area contributed by atoms with E-state index in [-0.39, 0.29) is 17.0 Å². The Hall–Kier alpha value is -1.96. The maximum atomic E-state index is 11.9. The van der Waals surface area contributed by atoms with Crippen LogP contribution in [0, 0.1) is 6.92 Å². The average molecular weight is 340 g/mol. The predicted octanol–water partition coefficient (Wildman–Crippen LogP) is 0.857. The van der Waals surface area contributed by atoms with E-state index >= 15 is 0 Å². The third-order valence-corrected chi connectivity index (χ3v) is 3.56. The van der Waals surface area contributed by atoms with Crippen molar-refractivity contribution in [3.8, 4) is 0 Å². The summed E-state index contributed by atoms with van der Waals surface area (Å²) in [5.74, 6) is -0.384. The van der Waals surface area contributed by atoms with Crippen LogP contribution in [-0.2, 0) is 6.54 Å². The lowest BCUT2D eigenvalue weighted by Gasteiger charge is -2.06. The maximum absolute atomic E-state index is 11.9. The van der Waals surface area contributed by atoms with Gasteiger partial charge < -0.3 is 10.3 Å². The van der Waals surface area contributed by atoms with Crippen molar-refractivity contribution in [2.24, 2.45) is 0 Å². The SMILES string of the molecule is Cc1[nH]c(=O)c(C(=O)NCCCn2ccnn2)cc1Br. The van der Waals surface area contributed by atoms with Crippen molar-refractivity contribution in [3.63, 3.8) is 0 Å². The summed E-state index contributed by atoms with van der Waals surface area (Å²) in [5, 5.41) is 10.2. The molecule has 0 bridgehead atoms. The van der Waals surface area contributed by atoms with Crippen LogP contribution in [-0.4, -0.2) is 32.4 Å². The molecule has 20 heavy (non-hydrogen) atoms. The van der Waals surface area contributed by atoms with E-state index in [2.05, 4.69) is 36.5 Å². The van der Waals surface area contributed by atoms with Crippen molar-refractivity contribution in [1.82, 2.24) is 25.3 Å². The lowest BCUT2D eigenvalue weighted by atomic mass is 10.2. The Balaban J connectivity index is 1.89. The number of aromatic amines is 1. The Morgan fingerprint density at radius 3 is 3.05 bits per heavy atom. The molecule has 0 saturated heterocycles. The number of hydrogen-bond donors (Lipinski definition) is 2. The van der Waals surface area contributed by atoms with Crippen LogP contribution in [0.4, 0.5) is 0 Å². The standard InChI is InChI=1S/C12H14BrN5O2/c1-8-10(13)7-9(12(20)16-8)11(19)14-3-2-5-18-6-4-15-17-18/h4,6-7H,2-3,5H2,1H3,(H,14,19)(H,16,20). The number of nitrogens with one attached hydrogen (secondary N) is 2. The number of carbonyl (C=O) groups excluding carboxylic acids is 1. The zero-order valence-electron chi connectivity index (χ0n) is 10.9. The van der Waals surface area contributed by atoms with Gasteiger partial charge in [0.25, 0.3) is 11.5 Å². The van der Waals surface area contributed by atoms with Crippen LogP contribution in [0.15, 0.2) is 27.7 Å². The van der Waals surface area contributed by atoms with Crippen LogP contribution < -0.4 is 10.9 Å². The third kappa shape index (κ3) is 3.53. The fourth-order valence-corrected chi connectivity index (χ4v) is 1.98. The van der Waals surface area contributed by atoms with Crippen LogP contribution in [0.25, 0.3) is 0 Å². The summed E-state index contributed by atoms with van der Waals surface area (Å²) in [6, 6.07) is 1.53. The summed E-state index contributed by atoms with van der Waals surface area (Å²) in [4.78, 5) is 26.2. The largest absolute Gasteiger partial charge is 0.352 e. The molecule has 2 rings (SSSR count). The van der Waals surface area contributed by atoms with Gasteiger partial charge in [-0.15, -0.1) is 5.10 Å². The Bertz CT molecular complexity index is 650. The Morgan fingerprint density at radius 1 is 1.55 bits per heavy atom. The third-order valence-electron chi connectivity index (χ3n) is 2.74. The first-order valence-corrected chi connectivity index (χ1v) is 6.89. The van der Waals surface area contributed by atoms with Crippen LogP contribution in [0.2, 0.25) is 0 Å². The molecule has 0 spiro atoms. The minimum absolute atomic E-state index is 0.100. The zero-order valence-corrected chi connectivity index (χ0v) is 12.5. The van der Waals surface area contributed by atoms with Crippen molar-refractivity contribution in [2.75, 3.05) is 6.54 Å². The number of halogens is 1. The highest BCUT2D eigenvalue weighted by Gasteiger charge is 2.11. The Labute approximate surface area is 123 Å². The molecule has 106 valence electrons. The average Bonchev–Trinajstić information content (AvgIpc) is 2.92. The topological polar surface area (TPSA) is 92.7 Å². The number of pyridine rings is 1. The molecule has 0 saturated carbocycles. The minimum Gasteiger partial charge on any atom is -0.352 e. The van der Waals surface area contributed by atoms with Crippen LogP contribution in [0.3, 0.4) is 0 Å². The van der Waals surface area contributed by atoms with Gasteiger partial charge in [-0.1, -0.05) is 5.21 Å². The Morgan fingerprint density at radius 2 is 2.35 bits per heavy atom. The monoisotopic (exact) mass is 339 g/mol. The van der Waals surface area contributed by atoms with E-state index in [0.717, 1.165) is 0 Å². The number of aryl methyl sites for hydroxylation is 2. The van der Waals surface area contributed by atoms with E-state index < -0.39 is 0 Å². The maximum Gasteiger partial charge on any atom is 0.261 e. The van der Waals surface area contributed by atoms with Crippen LogP contribution >= 0.6 is 15.9 Å². The zero-order chi connectivity index (χ0) is 14.5. The molecule has 0 aliphatic rings. The highest BCUT2D eigenvalue weighted by Crippen LogP contribution is 2.12. The van der Waals surface area contributed by atoms with Gasteiger partial charge in [0.2, 0.25) is 0 Å². The number of aromatic nitrogens is 4. The molecule has 7 nitrogen and oxygen atoms in total. The minimum atomic E-state index is -0.389. The van der Waals surface area contributed by atoms with E-state index in [9.17, 15) is 9.59 Å². The highest BCUT2D eigenvalue weighted by molar-refractivity contribution is 9.10. The van der Waals surface area contributed by atoms with E-state index in [0.29, 0.717) is 29.7 Å². The molecule has 8 heteroatoms. The van der Waals surface area contributed by atoms with E-state index in [1.165, 1.54) is 6.07 Å². The summed E-state index contributed by atoms with van der Waals surface area (Å²) in [7, 11) is 0. The number of amides is 1. The van der Waals surface area contributed by atoms with Crippen molar-refractivity contribution in [3.05, 3.63) is 44.5 Å². The summed E-state index contributed by atoms with van der Waals surface area (Å²) in [5.41, 5.74) is 0.403. The molecule has 0 aliphatic heterocycles. The van der Waals surface area contributed by atoms with Gasteiger partial charge in [-0.3, -0.25) is 14.3 Å². The summed E-state index contributed by atoms with van der Waals surface area (Å²) in [6.07, 6.45) is 4.06. The smallest absolute Gasteiger partial charge is 0.261 e. The van der Waals surface area contributed by atoms with Crippen molar-refractivity contribution in [2.45, 2.75) is 19.9 Å². The number of rotatable bonds is 5. The lowest BCUT2D eigenvalue weighted by Crippen LogP contribution is -2.31. The molecule has 2 aromatic rings. The predicted molar refractivity (Wildman–Crippen MR) is 76.5 cm³/mol. The first-order valence-electron chi connectivity index (χ1n) is 6.09. The molecule has 2 aromatic heterocycles. The summed E-state index contributed by atoms with van der Waals surface area (Å²) >= 11 is 3.29. The second-order valence-electron chi connectivity index (χ2n) is 4.26. The molecule has 0 aliphatic carbocycles. The number of hydrogen-bond acceptors (Lipinski definition) is 4. The second kappa shape index (κ2) is 6.47. The van der Waals surface area contributed by atoms with Gasteiger partial charge in [-0.2, -0.15) is 0 Å². The van der Waals surface area contributed by atoms with Gasteiger partial charge in [0.05, 0.1) is 6.20 Å². The van der Waals surface area contributed by atoms with Crippen molar-refractivity contribution < 1.29 is 4.79 Å². The molecule has 1 amide bonds. The van der Waals surface area contributed by atoms with Gasteiger partial charge in [0.15, 0.2) is 0 Å². The van der Waals surface area contributed by atoms with Crippen LogP contribution in [0.1, 0.15) is 22.5 Å². The van der Waals surface area contributed by atoms with Gasteiger partial charge >= 0.3 is 0 Å². The van der Waals surface area contributed by atoms with Crippen molar-refractivity contribution in [1.29, 1.82) is 0 Å². The number of nitrogens with zero attached hydrogens (tertiary/aromatic N) is 3. The molecule has 0 unspecified atom stereocenters. The fraction of sp³-hybridized carbons (Fsp3) is 0.333. The first kappa shape index (κ1) is 14.4. The van der Waals surface area contributed by atoms with Gasteiger partial charge in [0, 0.05) is 29.5 Å². The van der Waals surface area contributed by atoms with Gasteiger partial charge in [-0.25, -0.2) is 0 Å². The first-order chi connectivity index (χ1) is 9.58. The van der Waals surface area contributed by atoms with E-state index in [1.807, 2.05) is 0 Å². The molecular weight excluding hydrogens is 326 g/mol. The molecule has 0 fully saturated rings. The number of carbonyl (C=O) groups is 1. The summed E-state index contributed by atoms with van der Waals surface area (Å²) < 4.78 is 2.38. The quantitative estimate of drug-likeness (QED) is 0.790. The number of H-pyrrole nitrogens is 1. The van der Waals surface area contributed by atoms with E-state index in [1.54, 1.807) is 24.0 Å². The molecule has 0 aromatic carbocycles. The lowest BCUT2D eigenvalue weighted by molar-refractivity contribution is 0.0951. The normalized spacial score (nSPS) is 10.5. The highest BCUT2D eigenvalue weighted by atomic mass is 79.9. The van der Waals surface area contributed by atoms with Gasteiger partial charge in [-0.05, 0) is 35.3 Å². The summed E-state index contributed by atoms with van der Waals surface area (Å²) in [6.45, 7) is 2.88. The molecule has 2 N–H and O–H groups in total. The fourth-order valence-electron chi connectivity index (χ4n) is 1.66. The van der Waals surface area contributed by atoms with Crippen molar-refractivity contribution >= 4 is 21.8 Å². The molecular formula is C12H14BrN5O2.